The standard InChI is InChI=1S/C29H35N5OS/c1-4-33(5-2)18-6-16-31-28(35)25-13-11-23(12-14-25)20-34-27-19-30-17-15-26(27)32-29(34)36-21-24-9-7-22(3)8-10-24/h7-15,17,19H,4-6,16,18,20-21H2,1-3H3,(H,31,35). The van der Waals surface area contributed by atoms with E-state index in [1.165, 1.54) is 11.1 Å². The van der Waals surface area contributed by atoms with Gasteiger partial charge in [0.15, 0.2) is 5.16 Å². The fraction of sp³-hybridized carbons (Fsp3) is 0.345. The van der Waals surface area contributed by atoms with Crippen LogP contribution in [0.15, 0.2) is 72.1 Å². The van der Waals surface area contributed by atoms with Crippen LogP contribution in [0.5, 0.6) is 0 Å². The summed E-state index contributed by atoms with van der Waals surface area (Å²) in [4.78, 5) is 24.1. The quantitative estimate of drug-likeness (QED) is 0.204. The van der Waals surface area contributed by atoms with Crippen molar-refractivity contribution in [3.05, 3.63) is 89.2 Å². The van der Waals surface area contributed by atoms with Crippen LogP contribution in [0.25, 0.3) is 11.0 Å². The van der Waals surface area contributed by atoms with Crippen LogP contribution in [-0.2, 0) is 12.3 Å². The predicted molar refractivity (Wildman–Crippen MR) is 149 cm³/mol. The van der Waals surface area contributed by atoms with Crippen molar-refractivity contribution in [3.63, 3.8) is 0 Å². The molecule has 0 radical (unpaired) electrons. The fourth-order valence-corrected chi connectivity index (χ4v) is 5.10. The molecule has 0 bridgehead atoms. The third-order valence-electron chi connectivity index (χ3n) is 6.39. The van der Waals surface area contributed by atoms with Gasteiger partial charge in [0.1, 0.15) is 0 Å². The molecule has 1 amide bonds. The zero-order valence-corrected chi connectivity index (χ0v) is 22.2. The molecule has 0 aliphatic carbocycles. The summed E-state index contributed by atoms with van der Waals surface area (Å²) in [6, 6.07) is 18.5. The lowest BCUT2D eigenvalue weighted by Gasteiger charge is -2.17. The number of nitrogens with one attached hydrogen (secondary N) is 1. The molecule has 188 valence electrons. The van der Waals surface area contributed by atoms with E-state index in [-0.39, 0.29) is 5.91 Å². The van der Waals surface area contributed by atoms with E-state index in [0.717, 1.165) is 53.6 Å². The van der Waals surface area contributed by atoms with E-state index in [1.54, 1.807) is 18.0 Å². The first-order valence-corrected chi connectivity index (χ1v) is 13.6. The second-order valence-corrected chi connectivity index (χ2v) is 9.89. The minimum absolute atomic E-state index is 0.0206. The molecule has 4 aromatic rings. The van der Waals surface area contributed by atoms with Crippen molar-refractivity contribution in [1.82, 2.24) is 24.8 Å². The highest BCUT2D eigenvalue weighted by Gasteiger charge is 2.13. The molecule has 0 unspecified atom stereocenters. The number of amides is 1. The first kappa shape index (κ1) is 25.9. The lowest BCUT2D eigenvalue weighted by molar-refractivity contribution is 0.0952. The minimum Gasteiger partial charge on any atom is -0.352 e. The van der Waals surface area contributed by atoms with Gasteiger partial charge in [-0.1, -0.05) is 67.6 Å². The summed E-state index contributed by atoms with van der Waals surface area (Å²) < 4.78 is 2.21. The molecule has 1 N–H and O–H groups in total. The monoisotopic (exact) mass is 501 g/mol. The van der Waals surface area contributed by atoms with E-state index in [0.29, 0.717) is 18.7 Å². The molecule has 0 fully saturated rings. The van der Waals surface area contributed by atoms with Crippen molar-refractivity contribution in [3.8, 4) is 0 Å². The van der Waals surface area contributed by atoms with Gasteiger partial charge in [-0.3, -0.25) is 9.78 Å². The molecule has 2 aromatic heterocycles. The van der Waals surface area contributed by atoms with Gasteiger partial charge in [0, 0.05) is 24.1 Å². The molecular weight excluding hydrogens is 466 g/mol. The van der Waals surface area contributed by atoms with Crippen molar-refractivity contribution in [2.75, 3.05) is 26.2 Å². The molecule has 0 spiro atoms. The third kappa shape index (κ3) is 6.74. The first-order chi connectivity index (χ1) is 17.6. The molecule has 2 heterocycles. The first-order valence-electron chi connectivity index (χ1n) is 12.7. The van der Waals surface area contributed by atoms with Gasteiger partial charge in [-0.05, 0) is 62.3 Å². The fourth-order valence-electron chi connectivity index (χ4n) is 4.13. The number of pyridine rings is 1. The van der Waals surface area contributed by atoms with Crippen LogP contribution in [0.2, 0.25) is 0 Å². The second kappa shape index (κ2) is 12.7. The van der Waals surface area contributed by atoms with Gasteiger partial charge in [-0.15, -0.1) is 0 Å². The topological polar surface area (TPSA) is 63.1 Å². The zero-order chi connectivity index (χ0) is 25.3. The average Bonchev–Trinajstić information content (AvgIpc) is 3.26. The Labute approximate surface area is 218 Å². The maximum atomic E-state index is 12.6. The summed E-state index contributed by atoms with van der Waals surface area (Å²) in [5.41, 5.74) is 6.30. The Hall–Kier alpha value is -3.16. The molecular formula is C29H35N5OS. The van der Waals surface area contributed by atoms with Crippen LogP contribution < -0.4 is 5.32 Å². The maximum Gasteiger partial charge on any atom is 0.251 e. The van der Waals surface area contributed by atoms with E-state index >= 15 is 0 Å². The van der Waals surface area contributed by atoms with E-state index in [9.17, 15) is 4.79 Å². The molecule has 0 aliphatic rings. The summed E-state index contributed by atoms with van der Waals surface area (Å²) >= 11 is 1.73. The number of imidazole rings is 1. The Morgan fingerprint density at radius 3 is 2.44 bits per heavy atom. The van der Waals surface area contributed by atoms with Gasteiger partial charge in [-0.25, -0.2) is 4.98 Å². The van der Waals surface area contributed by atoms with Crippen LogP contribution in [0, 0.1) is 6.92 Å². The van der Waals surface area contributed by atoms with Gasteiger partial charge in [-0.2, -0.15) is 0 Å². The lowest BCUT2D eigenvalue weighted by atomic mass is 10.1. The highest BCUT2D eigenvalue weighted by Crippen LogP contribution is 2.27. The van der Waals surface area contributed by atoms with Crippen LogP contribution in [0.1, 0.15) is 47.3 Å². The maximum absolute atomic E-state index is 12.6. The van der Waals surface area contributed by atoms with Gasteiger partial charge >= 0.3 is 0 Å². The average molecular weight is 502 g/mol. The van der Waals surface area contributed by atoms with Gasteiger partial charge in [0.2, 0.25) is 0 Å². The Balaban J connectivity index is 1.41. The van der Waals surface area contributed by atoms with E-state index < -0.39 is 0 Å². The van der Waals surface area contributed by atoms with E-state index in [1.807, 2.05) is 36.5 Å². The third-order valence-corrected chi connectivity index (χ3v) is 7.44. The van der Waals surface area contributed by atoms with Crippen LogP contribution in [0.4, 0.5) is 0 Å². The molecule has 0 aliphatic heterocycles. The number of benzene rings is 2. The van der Waals surface area contributed by atoms with Crippen LogP contribution in [-0.4, -0.2) is 51.5 Å². The Morgan fingerprint density at radius 1 is 1.00 bits per heavy atom. The van der Waals surface area contributed by atoms with Crippen LogP contribution in [0.3, 0.4) is 0 Å². The van der Waals surface area contributed by atoms with Crippen molar-refractivity contribution >= 4 is 28.7 Å². The lowest BCUT2D eigenvalue weighted by Crippen LogP contribution is -2.29. The molecule has 36 heavy (non-hydrogen) atoms. The molecule has 7 heteroatoms. The summed E-state index contributed by atoms with van der Waals surface area (Å²) in [6.07, 6.45) is 4.61. The molecule has 0 saturated heterocycles. The summed E-state index contributed by atoms with van der Waals surface area (Å²) in [5.74, 6) is 0.831. The molecule has 0 atom stereocenters. The number of aromatic nitrogens is 3. The Bertz CT molecular complexity index is 1260. The van der Waals surface area contributed by atoms with Gasteiger partial charge < -0.3 is 14.8 Å². The number of rotatable bonds is 12. The number of carbonyl (C=O) groups is 1. The SMILES string of the molecule is CCN(CC)CCCNC(=O)c1ccc(Cn2c(SCc3ccc(C)cc3)nc3ccncc32)cc1. The van der Waals surface area contributed by atoms with Crippen molar-refractivity contribution in [2.45, 2.75) is 44.6 Å². The molecule has 4 rings (SSSR count). The molecule has 0 saturated carbocycles. The number of aryl methyl sites for hydroxylation is 1. The van der Waals surface area contributed by atoms with Crippen molar-refractivity contribution < 1.29 is 4.79 Å². The highest BCUT2D eigenvalue weighted by molar-refractivity contribution is 7.98. The summed E-state index contributed by atoms with van der Waals surface area (Å²) in [5, 5.41) is 4.01. The number of thioether (sulfide) groups is 1. The molecule has 6 nitrogen and oxygen atoms in total. The largest absolute Gasteiger partial charge is 0.352 e. The minimum atomic E-state index is -0.0206. The Morgan fingerprint density at radius 2 is 1.72 bits per heavy atom. The summed E-state index contributed by atoms with van der Waals surface area (Å²) in [6.45, 7) is 10.9. The Kier molecular flexibility index (Phi) is 9.14. The summed E-state index contributed by atoms with van der Waals surface area (Å²) in [7, 11) is 0. The van der Waals surface area contributed by atoms with E-state index in [4.69, 9.17) is 4.98 Å². The number of nitrogens with zero attached hydrogens (tertiary/aromatic N) is 4. The number of hydrogen-bond donors (Lipinski definition) is 1. The predicted octanol–water partition coefficient (Wildman–Crippen LogP) is 5.54. The zero-order valence-electron chi connectivity index (χ0n) is 21.4. The van der Waals surface area contributed by atoms with Crippen LogP contribution >= 0.6 is 11.8 Å². The number of fused-ring (bicyclic) bond motifs is 1. The molecule has 2 aromatic carbocycles. The number of carbonyl (C=O) groups excluding carboxylic acids is 1. The van der Waals surface area contributed by atoms with Crippen molar-refractivity contribution in [1.29, 1.82) is 0 Å². The van der Waals surface area contributed by atoms with Crippen molar-refractivity contribution in [2.24, 2.45) is 0 Å². The van der Waals surface area contributed by atoms with E-state index in [2.05, 4.69) is 64.8 Å². The normalized spacial score (nSPS) is 11.3. The number of hydrogen-bond acceptors (Lipinski definition) is 5. The van der Waals surface area contributed by atoms with Gasteiger partial charge in [0.25, 0.3) is 5.91 Å². The highest BCUT2D eigenvalue weighted by atomic mass is 32.2. The smallest absolute Gasteiger partial charge is 0.251 e. The van der Waals surface area contributed by atoms with Gasteiger partial charge in [0.05, 0.1) is 23.8 Å². The second-order valence-electron chi connectivity index (χ2n) is 8.95.